The normalized spacial score (nSPS) is 20.2. The Bertz CT molecular complexity index is 155. The zero-order valence-electron chi connectivity index (χ0n) is 7.58. The maximum atomic E-state index is 11.5. The summed E-state index contributed by atoms with van der Waals surface area (Å²) in [7, 11) is 1.63. The van der Waals surface area contributed by atoms with Gasteiger partial charge in [-0.3, -0.25) is 4.79 Å². The van der Waals surface area contributed by atoms with Crippen molar-refractivity contribution in [1.29, 1.82) is 0 Å². The molecule has 0 amide bonds. The number of ketones is 1. The van der Waals surface area contributed by atoms with Gasteiger partial charge in [-0.05, 0) is 19.3 Å². The van der Waals surface area contributed by atoms with Crippen LogP contribution >= 0.6 is 0 Å². The lowest BCUT2D eigenvalue weighted by molar-refractivity contribution is -0.126. The highest BCUT2D eigenvalue weighted by Crippen LogP contribution is 2.28. The number of methoxy groups -OCH3 is 1. The van der Waals surface area contributed by atoms with Gasteiger partial charge in [0.1, 0.15) is 0 Å². The van der Waals surface area contributed by atoms with E-state index in [4.69, 9.17) is 10.5 Å². The number of hydrogen-bond donors (Lipinski definition) is 1. The zero-order valence-corrected chi connectivity index (χ0v) is 7.58. The molecule has 70 valence electrons. The van der Waals surface area contributed by atoms with Crippen LogP contribution in [0.15, 0.2) is 0 Å². The van der Waals surface area contributed by atoms with Crippen LogP contribution in [-0.4, -0.2) is 25.5 Å². The smallest absolute Gasteiger partial charge is 0.152 e. The van der Waals surface area contributed by atoms with Crippen molar-refractivity contribution in [3.8, 4) is 0 Å². The molecule has 0 radical (unpaired) electrons. The van der Waals surface area contributed by atoms with Crippen molar-refractivity contribution in [2.24, 2.45) is 11.7 Å². The van der Waals surface area contributed by atoms with E-state index in [2.05, 4.69) is 0 Å². The van der Waals surface area contributed by atoms with Crippen molar-refractivity contribution in [2.45, 2.75) is 31.7 Å². The first-order valence-corrected chi connectivity index (χ1v) is 4.54. The largest absolute Gasteiger partial charge is 0.385 e. The molecule has 3 heteroatoms. The van der Waals surface area contributed by atoms with E-state index < -0.39 is 0 Å². The van der Waals surface area contributed by atoms with Gasteiger partial charge in [0.2, 0.25) is 0 Å². The molecule has 1 saturated carbocycles. The summed E-state index contributed by atoms with van der Waals surface area (Å²) < 4.78 is 4.86. The first kappa shape index (κ1) is 9.68. The van der Waals surface area contributed by atoms with Gasteiger partial charge in [-0.15, -0.1) is 0 Å². The molecule has 1 aliphatic carbocycles. The van der Waals surface area contributed by atoms with E-state index in [0.717, 1.165) is 12.8 Å². The zero-order chi connectivity index (χ0) is 8.97. The summed E-state index contributed by atoms with van der Waals surface area (Å²) in [6.07, 6.45) is 3.93. The molecule has 0 spiro atoms. The molecule has 1 rings (SSSR count). The predicted molar refractivity (Wildman–Crippen MR) is 46.8 cm³/mol. The minimum Gasteiger partial charge on any atom is -0.385 e. The summed E-state index contributed by atoms with van der Waals surface area (Å²) in [5.74, 6) is 0.496. The van der Waals surface area contributed by atoms with Crippen molar-refractivity contribution in [3.05, 3.63) is 0 Å². The van der Waals surface area contributed by atoms with Crippen LogP contribution in [0.1, 0.15) is 25.7 Å². The monoisotopic (exact) mass is 171 g/mol. The number of carbonyl (C=O) groups is 1. The fraction of sp³-hybridized carbons (Fsp3) is 0.889. The molecule has 0 aliphatic heterocycles. The molecule has 1 aliphatic rings. The number of hydrogen-bond acceptors (Lipinski definition) is 3. The molecule has 1 unspecified atom stereocenters. The highest BCUT2D eigenvalue weighted by Gasteiger charge is 2.28. The van der Waals surface area contributed by atoms with Crippen molar-refractivity contribution in [2.75, 3.05) is 13.7 Å². The van der Waals surface area contributed by atoms with Gasteiger partial charge in [-0.25, -0.2) is 0 Å². The highest BCUT2D eigenvalue weighted by atomic mass is 16.5. The van der Waals surface area contributed by atoms with Gasteiger partial charge in [-0.2, -0.15) is 0 Å². The summed E-state index contributed by atoms with van der Waals surface area (Å²) in [6.45, 7) is 0.583. The van der Waals surface area contributed by atoms with Crippen LogP contribution in [0.4, 0.5) is 0 Å². The van der Waals surface area contributed by atoms with Crippen LogP contribution in [0, 0.1) is 5.92 Å². The maximum absolute atomic E-state index is 11.5. The molecule has 0 bridgehead atoms. The number of rotatable bonds is 5. The Morgan fingerprint density at radius 2 is 2.33 bits per heavy atom. The number of Topliss-reactive ketones (excluding diaryl/α,β-unsaturated/α-hetero) is 1. The van der Waals surface area contributed by atoms with Crippen molar-refractivity contribution < 1.29 is 9.53 Å². The van der Waals surface area contributed by atoms with E-state index in [-0.39, 0.29) is 17.7 Å². The van der Waals surface area contributed by atoms with Gasteiger partial charge in [0.25, 0.3) is 0 Å². The average Bonchev–Trinajstić information content (AvgIpc) is 1.96. The number of carbonyl (C=O) groups excluding carboxylic acids is 1. The van der Waals surface area contributed by atoms with E-state index in [1.807, 2.05) is 0 Å². The van der Waals surface area contributed by atoms with Crippen LogP contribution in [0.2, 0.25) is 0 Å². The molecule has 0 aromatic heterocycles. The fourth-order valence-electron chi connectivity index (χ4n) is 1.38. The predicted octanol–water partition coefficient (Wildman–Crippen LogP) is 0.719. The topological polar surface area (TPSA) is 52.3 Å². The first-order chi connectivity index (χ1) is 5.75. The maximum Gasteiger partial charge on any atom is 0.152 e. The quantitative estimate of drug-likeness (QED) is 0.663. The molecule has 0 saturated heterocycles. The van der Waals surface area contributed by atoms with Crippen LogP contribution in [0.5, 0.6) is 0 Å². The molecule has 0 aromatic rings. The minimum atomic E-state index is -0.296. The molecular weight excluding hydrogens is 154 g/mol. The van der Waals surface area contributed by atoms with Gasteiger partial charge in [-0.1, -0.05) is 6.42 Å². The Balaban J connectivity index is 2.20. The van der Waals surface area contributed by atoms with Crippen molar-refractivity contribution in [1.82, 2.24) is 0 Å². The summed E-state index contributed by atoms with van der Waals surface area (Å²) >= 11 is 0. The van der Waals surface area contributed by atoms with Gasteiger partial charge < -0.3 is 10.5 Å². The SMILES string of the molecule is COCCC(N)C(=O)C1CCC1. The second-order valence-corrected chi connectivity index (χ2v) is 3.42. The summed E-state index contributed by atoms with van der Waals surface area (Å²) in [5.41, 5.74) is 5.68. The standard InChI is InChI=1S/C9H17NO2/c1-12-6-5-8(10)9(11)7-3-2-4-7/h7-8H,2-6,10H2,1H3. The van der Waals surface area contributed by atoms with E-state index in [9.17, 15) is 4.79 Å². The van der Waals surface area contributed by atoms with Gasteiger partial charge in [0, 0.05) is 19.6 Å². The molecular formula is C9H17NO2. The second kappa shape index (κ2) is 4.58. The number of nitrogens with two attached hydrogens (primary N) is 1. The lowest BCUT2D eigenvalue weighted by atomic mass is 9.79. The Morgan fingerprint density at radius 3 is 2.75 bits per heavy atom. The van der Waals surface area contributed by atoms with E-state index in [0.29, 0.717) is 13.0 Å². The van der Waals surface area contributed by atoms with Crippen LogP contribution < -0.4 is 5.73 Å². The molecule has 0 heterocycles. The second-order valence-electron chi connectivity index (χ2n) is 3.42. The number of ether oxygens (including phenoxy) is 1. The van der Waals surface area contributed by atoms with E-state index in [1.165, 1.54) is 6.42 Å². The van der Waals surface area contributed by atoms with Gasteiger partial charge in [0.05, 0.1) is 6.04 Å². The third kappa shape index (κ3) is 2.29. The summed E-state index contributed by atoms with van der Waals surface area (Å²) in [4.78, 5) is 11.5. The average molecular weight is 171 g/mol. The van der Waals surface area contributed by atoms with Gasteiger partial charge in [0.15, 0.2) is 5.78 Å². The van der Waals surface area contributed by atoms with Crippen molar-refractivity contribution >= 4 is 5.78 Å². The third-order valence-electron chi connectivity index (χ3n) is 2.51. The fourth-order valence-corrected chi connectivity index (χ4v) is 1.38. The Hall–Kier alpha value is -0.410. The molecule has 3 nitrogen and oxygen atoms in total. The van der Waals surface area contributed by atoms with Crippen LogP contribution in [0.25, 0.3) is 0 Å². The van der Waals surface area contributed by atoms with Crippen LogP contribution in [-0.2, 0) is 9.53 Å². The molecule has 1 atom stereocenters. The molecule has 2 N–H and O–H groups in total. The Labute approximate surface area is 73.3 Å². The lowest BCUT2D eigenvalue weighted by Crippen LogP contribution is -2.39. The van der Waals surface area contributed by atoms with E-state index >= 15 is 0 Å². The minimum absolute atomic E-state index is 0.235. The summed E-state index contributed by atoms with van der Waals surface area (Å²) in [5, 5.41) is 0. The first-order valence-electron chi connectivity index (χ1n) is 4.54. The molecule has 12 heavy (non-hydrogen) atoms. The summed E-state index contributed by atoms with van der Waals surface area (Å²) in [6, 6.07) is -0.296. The Kier molecular flexibility index (Phi) is 3.69. The Morgan fingerprint density at radius 1 is 1.67 bits per heavy atom. The van der Waals surface area contributed by atoms with Crippen LogP contribution in [0.3, 0.4) is 0 Å². The third-order valence-corrected chi connectivity index (χ3v) is 2.51. The van der Waals surface area contributed by atoms with Crippen molar-refractivity contribution in [3.63, 3.8) is 0 Å². The molecule has 1 fully saturated rings. The highest BCUT2D eigenvalue weighted by molar-refractivity contribution is 5.86. The van der Waals surface area contributed by atoms with E-state index in [1.54, 1.807) is 7.11 Å². The van der Waals surface area contributed by atoms with Gasteiger partial charge >= 0.3 is 0 Å². The molecule has 0 aromatic carbocycles. The lowest BCUT2D eigenvalue weighted by Gasteiger charge is -2.26.